The molecule has 0 aliphatic rings. The van der Waals surface area contributed by atoms with Gasteiger partial charge in [-0.25, -0.2) is 0 Å². The van der Waals surface area contributed by atoms with E-state index in [9.17, 15) is 19.4 Å². The van der Waals surface area contributed by atoms with E-state index in [0.717, 1.165) is 38.5 Å². The van der Waals surface area contributed by atoms with Crippen LogP contribution in [0.1, 0.15) is 380 Å². The summed E-state index contributed by atoms with van der Waals surface area (Å²) in [5.74, 6) is -0.155. The van der Waals surface area contributed by atoms with Gasteiger partial charge in [0.15, 0.2) is 0 Å². The van der Waals surface area contributed by atoms with Crippen LogP contribution in [0.4, 0.5) is 0 Å². The Balaban J connectivity index is 3.96. The highest BCUT2D eigenvalue weighted by Crippen LogP contribution is 2.38. The number of likely N-dealkylation sites (N-methyl/N-ethyl adjacent to an activating group) is 1. The molecule has 0 aromatic carbocycles. The number of aliphatic hydroxyl groups is 1. The highest BCUT2D eigenvalue weighted by atomic mass is 31.2. The molecule has 472 valence electrons. The molecule has 0 saturated carbocycles. The summed E-state index contributed by atoms with van der Waals surface area (Å²) in [5.41, 5.74) is 0. The number of allylic oxidation sites excluding steroid dienone is 2. The molecule has 0 spiro atoms. The molecule has 1 amide bonds. The zero-order valence-corrected chi connectivity index (χ0v) is 55.0. The number of quaternary nitrogens is 1. The summed E-state index contributed by atoms with van der Waals surface area (Å²) < 4.78 is 23.5. The van der Waals surface area contributed by atoms with Crippen LogP contribution in [0.2, 0.25) is 0 Å². The van der Waals surface area contributed by atoms with Gasteiger partial charge < -0.3 is 28.8 Å². The highest BCUT2D eigenvalue weighted by molar-refractivity contribution is 7.45. The van der Waals surface area contributed by atoms with Crippen molar-refractivity contribution in [1.29, 1.82) is 0 Å². The minimum absolute atomic E-state index is 0.0160. The van der Waals surface area contributed by atoms with Crippen molar-refractivity contribution in [2.75, 3.05) is 40.9 Å². The van der Waals surface area contributed by atoms with Crippen LogP contribution < -0.4 is 10.2 Å². The fourth-order valence-electron chi connectivity index (χ4n) is 11.2. The molecule has 0 aliphatic heterocycles. The Kier molecular flexibility index (Phi) is 61.2. The van der Waals surface area contributed by atoms with Gasteiger partial charge in [-0.1, -0.05) is 347 Å². The Morgan fingerprint density at radius 1 is 0.430 bits per heavy atom. The first-order valence-corrected chi connectivity index (χ1v) is 37.0. The molecular weight excluding hydrogens is 996 g/mol. The van der Waals surface area contributed by atoms with E-state index in [1.54, 1.807) is 0 Å². The minimum atomic E-state index is -4.58. The van der Waals surface area contributed by atoms with Gasteiger partial charge in [-0.2, -0.15) is 0 Å². The van der Waals surface area contributed by atoms with Crippen molar-refractivity contribution in [1.82, 2.24) is 5.32 Å². The van der Waals surface area contributed by atoms with Crippen molar-refractivity contribution >= 4 is 13.7 Å². The average Bonchev–Trinajstić information content (AvgIpc) is 3.42. The van der Waals surface area contributed by atoms with Crippen LogP contribution in [0.15, 0.2) is 12.2 Å². The molecule has 2 N–H and O–H groups in total. The predicted molar refractivity (Wildman–Crippen MR) is 344 cm³/mol. The number of carbonyl (C=O) groups is 1. The molecule has 0 fully saturated rings. The number of hydrogen-bond donors (Lipinski definition) is 2. The summed E-state index contributed by atoms with van der Waals surface area (Å²) in [6.45, 7) is 4.79. The summed E-state index contributed by atoms with van der Waals surface area (Å²) in [4.78, 5) is 25.7. The minimum Gasteiger partial charge on any atom is -0.756 e. The summed E-state index contributed by atoms with van der Waals surface area (Å²) in [6, 6.07) is -0.798. The molecule has 8 nitrogen and oxygen atoms in total. The summed E-state index contributed by atoms with van der Waals surface area (Å²) in [6.07, 6.45) is 78.7. The van der Waals surface area contributed by atoms with E-state index in [4.69, 9.17) is 9.05 Å². The lowest BCUT2D eigenvalue weighted by atomic mass is 10.0. The first kappa shape index (κ1) is 78.2. The van der Waals surface area contributed by atoms with E-state index in [1.807, 2.05) is 21.1 Å². The maximum atomic E-state index is 13.1. The third kappa shape index (κ3) is 64.7. The number of carbonyl (C=O) groups excluding carboxylic acids is 1. The lowest BCUT2D eigenvalue weighted by Gasteiger charge is -2.30. The van der Waals surface area contributed by atoms with Gasteiger partial charge >= 0.3 is 0 Å². The smallest absolute Gasteiger partial charge is 0.268 e. The van der Waals surface area contributed by atoms with E-state index < -0.39 is 20.0 Å². The van der Waals surface area contributed by atoms with Gasteiger partial charge in [-0.05, 0) is 38.5 Å². The summed E-state index contributed by atoms with van der Waals surface area (Å²) in [7, 11) is 1.33. The number of hydrogen-bond acceptors (Lipinski definition) is 6. The lowest BCUT2D eigenvalue weighted by Crippen LogP contribution is -2.46. The molecule has 0 rings (SSSR count). The SMILES string of the molecule is CCCCCCCCCC/C=C\CCCCCCCCCCCCCCCCCCCCCCCC(=O)NC(COP(=O)([O-])OCC[N+](C)(C)C)C(O)CCCCCCCCCCCCCCCCCCCCCCCCCC. The maximum Gasteiger partial charge on any atom is 0.268 e. The molecule has 0 heterocycles. The van der Waals surface area contributed by atoms with Gasteiger partial charge in [0.25, 0.3) is 7.82 Å². The number of aliphatic hydroxyl groups excluding tert-OH is 1. The third-order valence-electron chi connectivity index (χ3n) is 16.8. The van der Waals surface area contributed by atoms with Crippen LogP contribution in [-0.4, -0.2) is 68.5 Å². The van der Waals surface area contributed by atoms with Gasteiger partial charge in [0.1, 0.15) is 13.2 Å². The Labute approximate surface area is 494 Å². The normalized spacial score (nSPS) is 13.7. The van der Waals surface area contributed by atoms with Crippen LogP contribution in [0.5, 0.6) is 0 Å². The Morgan fingerprint density at radius 3 is 0.987 bits per heavy atom. The van der Waals surface area contributed by atoms with Crippen LogP contribution >= 0.6 is 7.82 Å². The number of phosphoric acid groups is 1. The second-order valence-electron chi connectivity index (χ2n) is 26.0. The third-order valence-corrected chi connectivity index (χ3v) is 17.7. The average molecular weight is 1140 g/mol. The van der Waals surface area contributed by atoms with Crippen molar-refractivity contribution in [3.8, 4) is 0 Å². The molecule has 9 heteroatoms. The number of nitrogens with zero attached hydrogens (tertiary/aromatic N) is 1. The van der Waals surface area contributed by atoms with Crippen molar-refractivity contribution in [2.24, 2.45) is 0 Å². The molecule has 0 aromatic heterocycles. The molecule has 0 aromatic rings. The fourth-order valence-corrected chi connectivity index (χ4v) is 11.9. The Morgan fingerprint density at radius 2 is 0.696 bits per heavy atom. The van der Waals surface area contributed by atoms with E-state index >= 15 is 0 Å². The number of amides is 1. The largest absolute Gasteiger partial charge is 0.756 e. The first-order valence-electron chi connectivity index (χ1n) is 35.5. The fraction of sp³-hybridized carbons (Fsp3) is 0.957. The highest BCUT2D eigenvalue weighted by Gasteiger charge is 2.24. The Hall–Kier alpha value is -0.760. The van der Waals surface area contributed by atoms with E-state index in [-0.39, 0.29) is 19.1 Å². The van der Waals surface area contributed by atoms with Crippen molar-refractivity contribution in [2.45, 2.75) is 392 Å². The van der Waals surface area contributed by atoms with E-state index in [0.29, 0.717) is 23.9 Å². The first-order chi connectivity index (χ1) is 38.5. The second kappa shape index (κ2) is 61.8. The van der Waals surface area contributed by atoms with Gasteiger partial charge in [0, 0.05) is 6.42 Å². The van der Waals surface area contributed by atoms with Crippen molar-refractivity contribution in [3.63, 3.8) is 0 Å². The molecule has 0 radical (unpaired) electrons. The molecule has 79 heavy (non-hydrogen) atoms. The number of unbranched alkanes of at least 4 members (excludes halogenated alkanes) is 52. The van der Waals surface area contributed by atoms with Gasteiger partial charge in [-0.15, -0.1) is 0 Å². The molecule has 0 bridgehead atoms. The predicted octanol–water partition coefficient (Wildman–Crippen LogP) is 21.9. The quantitative estimate of drug-likeness (QED) is 0.0272. The van der Waals surface area contributed by atoms with Gasteiger partial charge in [-0.3, -0.25) is 9.36 Å². The number of nitrogens with one attached hydrogen (secondary N) is 1. The lowest BCUT2D eigenvalue weighted by molar-refractivity contribution is -0.870. The van der Waals surface area contributed by atoms with Crippen molar-refractivity contribution in [3.05, 3.63) is 12.2 Å². The van der Waals surface area contributed by atoms with Gasteiger partial charge in [0.05, 0.1) is 39.9 Å². The summed E-state index contributed by atoms with van der Waals surface area (Å²) in [5, 5.41) is 14.1. The molecule has 0 saturated heterocycles. The standard InChI is InChI=1S/C70H141N2O6P/c1-6-8-10-12-14-16-18-20-22-24-26-28-30-32-33-34-35-36-37-38-39-40-42-44-46-48-50-52-54-56-58-60-62-64-70(74)71-68(67-78-79(75,76)77-66-65-72(3,4)5)69(73)63-61-59-57-55-53-51-49-47-45-43-41-31-29-27-25-23-21-19-17-15-13-11-9-7-2/h24,26,68-69,73H,6-23,25,27-67H2,1-5H3,(H-,71,74,75,76)/b26-24-. The zero-order chi connectivity index (χ0) is 57.7. The van der Waals surface area contributed by atoms with Crippen LogP contribution in [0.3, 0.4) is 0 Å². The maximum absolute atomic E-state index is 13.1. The van der Waals surface area contributed by atoms with E-state index in [2.05, 4.69) is 31.3 Å². The van der Waals surface area contributed by atoms with E-state index in [1.165, 1.54) is 315 Å². The Bertz CT molecular complexity index is 1290. The zero-order valence-electron chi connectivity index (χ0n) is 54.1. The van der Waals surface area contributed by atoms with Crippen molar-refractivity contribution < 1.29 is 32.9 Å². The van der Waals surface area contributed by atoms with Gasteiger partial charge in [0.2, 0.25) is 5.91 Å². The summed E-state index contributed by atoms with van der Waals surface area (Å²) >= 11 is 0. The molecule has 3 unspecified atom stereocenters. The molecule has 3 atom stereocenters. The van der Waals surface area contributed by atoms with Crippen LogP contribution in [0.25, 0.3) is 0 Å². The monoisotopic (exact) mass is 1140 g/mol. The number of phosphoric ester groups is 1. The second-order valence-corrected chi connectivity index (χ2v) is 27.4. The molecular formula is C70H141N2O6P. The number of rotatable bonds is 67. The van der Waals surface area contributed by atoms with Crippen LogP contribution in [0, 0.1) is 0 Å². The van der Waals surface area contributed by atoms with Crippen LogP contribution in [-0.2, 0) is 18.4 Å². The topological polar surface area (TPSA) is 108 Å². The molecule has 0 aliphatic carbocycles.